The van der Waals surface area contributed by atoms with Crippen molar-refractivity contribution in [1.29, 1.82) is 0 Å². The summed E-state index contributed by atoms with van der Waals surface area (Å²) in [7, 11) is 5.92. The van der Waals surface area contributed by atoms with Gasteiger partial charge in [-0.15, -0.1) is 0 Å². The summed E-state index contributed by atoms with van der Waals surface area (Å²) in [6.45, 7) is 1.71. The van der Waals surface area contributed by atoms with Gasteiger partial charge in [-0.05, 0) is 67.7 Å². The minimum Gasteiger partial charge on any atom is -0.497 e. The van der Waals surface area contributed by atoms with Gasteiger partial charge in [0.2, 0.25) is 0 Å². The molecule has 1 saturated carbocycles. The molecule has 1 saturated heterocycles. The number of piperidine rings is 1. The summed E-state index contributed by atoms with van der Waals surface area (Å²) in [6, 6.07) is 8.37. The van der Waals surface area contributed by atoms with E-state index in [-0.39, 0.29) is 29.3 Å². The first kappa shape index (κ1) is 30.9. The number of carbonyl (C=O) groups excluding carboxylic acids is 2. The number of hydrogen-bond acceptors (Lipinski definition) is 6. The number of halogens is 4. The molecule has 0 unspecified atom stereocenters. The molecule has 1 aliphatic carbocycles. The van der Waals surface area contributed by atoms with Crippen molar-refractivity contribution >= 4 is 29.2 Å². The van der Waals surface area contributed by atoms with Crippen molar-refractivity contribution in [2.24, 2.45) is 17.8 Å². The standard InChI is InChI=1S/C29H36ClF3N4O4/c1-35(2)26(38)23-8-9-24(34-25(23)30)37-12-10-18(11-13-37)14-19-15-20(19)17-36(3)27(39)28(40,29(31,32)33)21-6-5-7-22(16-21)41-4/h5-9,16,18-20,40H,10-15,17H2,1-4H3/t19-,20-,28-/m0/s1. The number of pyridine rings is 1. The minimum absolute atomic E-state index is 0.0898. The van der Waals surface area contributed by atoms with E-state index in [2.05, 4.69) is 9.88 Å². The largest absolute Gasteiger partial charge is 0.497 e. The molecule has 1 aliphatic heterocycles. The van der Waals surface area contributed by atoms with Crippen molar-refractivity contribution in [3.8, 4) is 5.75 Å². The minimum atomic E-state index is -5.21. The topological polar surface area (TPSA) is 86.2 Å². The van der Waals surface area contributed by atoms with E-state index in [1.807, 2.05) is 0 Å². The highest BCUT2D eigenvalue weighted by Gasteiger charge is 2.62. The first-order chi connectivity index (χ1) is 19.3. The van der Waals surface area contributed by atoms with Gasteiger partial charge in [-0.3, -0.25) is 9.59 Å². The monoisotopic (exact) mass is 596 g/mol. The fourth-order valence-corrected chi connectivity index (χ4v) is 5.85. The fourth-order valence-electron chi connectivity index (χ4n) is 5.62. The van der Waals surface area contributed by atoms with Crippen molar-refractivity contribution in [2.45, 2.75) is 37.5 Å². The zero-order valence-electron chi connectivity index (χ0n) is 23.6. The van der Waals surface area contributed by atoms with E-state index in [1.165, 1.54) is 31.2 Å². The van der Waals surface area contributed by atoms with E-state index in [0.717, 1.165) is 61.6 Å². The fraction of sp³-hybridized carbons (Fsp3) is 0.552. The first-order valence-corrected chi connectivity index (χ1v) is 14.0. The lowest BCUT2D eigenvalue weighted by Crippen LogP contribution is -2.55. The Labute approximate surface area is 243 Å². The van der Waals surface area contributed by atoms with Crippen molar-refractivity contribution in [3.05, 3.63) is 52.7 Å². The van der Waals surface area contributed by atoms with Gasteiger partial charge >= 0.3 is 6.18 Å². The number of amides is 2. The van der Waals surface area contributed by atoms with Crippen LogP contribution >= 0.6 is 11.6 Å². The molecule has 8 nitrogen and oxygen atoms in total. The van der Waals surface area contributed by atoms with Gasteiger partial charge in [0.05, 0.1) is 12.7 Å². The van der Waals surface area contributed by atoms with Crippen LogP contribution in [0, 0.1) is 17.8 Å². The van der Waals surface area contributed by atoms with E-state index in [4.69, 9.17) is 16.3 Å². The molecule has 4 rings (SSSR count). The highest BCUT2D eigenvalue weighted by molar-refractivity contribution is 6.32. The van der Waals surface area contributed by atoms with E-state index < -0.39 is 23.2 Å². The highest BCUT2D eigenvalue weighted by atomic mass is 35.5. The number of rotatable bonds is 9. The number of likely N-dealkylation sites (N-methyl/N-ethyl adjacent to an activating group) is 1. The van der Waals surface area contributed by atoms with Crippen LogP contribution in [0.4, 0.5) is 19.0 Å². The van der Waals surface area contributed by atoms with Gasteiger partial charge < -0.3 is 24.5 Å². The van der Waals surface area contributed by atoms with Gasteiger partial charge in [0, 0.05) is 46.3 Å². The Bertz CT molecular complexity index is 1270. The molecule has 224 valence electrons. The first-order valence-electron chi connectivity index (χ1n) is 13.6. The number of carbonyl (C=O) groups is 2. The molecule has 2 amide bonds. The summed E-state index contributed by atoms with van der Waals surface area (Å²) < 4.78 is 47.2. The quantitative estimate of drug-likeness (QED) is 0.426. The zero-order chi connectivity index (χ0) is 30.1. The molecule has 2 fully saturated rings. The number of hydrogen-bond donors (Lipinski definition) is 1. The summed E-state index contributed by atoms with van der Waals surface area (Å²) in [5, 5.41) is 10.9. The summed E-state index contributed by atoms with van der Waals surface area (Å²) >= 11 is 6.28. The molecular formula is C29H36ClF3N4O4. The second-order valence-electron chi connectivity index (χ2n) is 11.3. The highest BCUT2D eigenvalue weighted by Crippen LogP contribution is 2.47. The normalized spacial score (nSPS) is 20.8. The lowest BCUT2D eigenvalue weighted by Gasteiger charge is -2.34. The van der Waals surface area contributed by atoms with Gasteiger partial charge in [0.1, 0.15) is 16.7 Å². The Balaban J connectivity index is 1.30. The van der Waals surface area contributed by atoms with Crippen LogP contribution in [0.5, 0.6) is 5.75 Å². The molecule has 2 aliphatic rings. The number of nitrogens with zero attached hydrogens (tertiary/aromatic N) is 4. The van der Waals surface area contributed by atoms with Crippen LogP contribution < -0.4 is 9.64 Å². The molecule has 1 aromatic heterocycles. The Kier molecular flexibility index (Phi) is 9.08. The third-order valence-electron chi connectivity index (χ3n) is 8.18. The van der Waals surface area contributed by atoms with Crippen LogP contribution in [-0.2, 0) is 10.4 Å². The van der Waals surface area contributed by atoms with Crippen molar-refractivity contribution in [1.82, 2.24) is 14.8 Å². The third kappa shape index (κ3) is 6.56. The molecule has 2 aromatic rings. The molecule has 0 spiro atoms. The number of aromatic nitrogens is 1. The predicted molar refractivity (Wildman–Crippen MR) is 149 cm³/mol. The number of benzene rings is 1. The Morgan fingerprint density at radius 3 is 2.39 bits per heavy atom. The van der Waals surface area contributed by atoms with Gasteiger partial charge in [0.25, 0.3) is 17.4 Å². The maximum Gasteiger partial charge on any atom is 0.430 e. The number of alkyl halides is 3. The molecule has 41 heavy (non-hydrogen) atoms. The maximum atomic E-state index is 14.1. The van der Waals surface area contributed by atoms with E-state index >= 15 is 0 Å². The summed E-state index contributed by atoms with van der Waals surface area (Å²) in [5.41, 5.74) is -3.88. The van der Waals surface area contributed by atoms with Crippen molar-refractivity contribution in [2.75, 3.05) is 52.8 Å². The average molecular weight is 597 g/mol. The van der Waals surface area contributed by atoms with E-state index in [1.54, 1.807) is 26.2 Å². The van der Waals surface area contributed by atoms with E-state index in [9.17, 15) is 27.9 Å². The molecule has 1 aromatic carbocycles. The van der Waals surface area contributed by atoms with Crippen LogP contribution in [0.3, 0.4) is 0 Å². The molecule has 3 atom stereocenters. The Hall–Kier alpha value is -3.05. The number of anilines is 1. The second-order valence-corrected chi connectivity index (χ2v) is 11.6. The molecule has 0 bridgehead atoms. The molecule has 2 heterocycles. The summed E-state index contributed by atoms with van der Waals surface area (Å²) in [5.74, 6) is 0.0968. The SMILES string of the molecule is COc1cccc([C@](O)(C(=O)N(C)C[C@@H]2C[C@@H]2CC2CCN(c3ccc(C(=O)N(C)C)c(Cl)n3)CC2)C(F)(F)F)c1. The molecule has 0 radical (unpaired) electrons. The lowest BCUT2D eigenvalue weighted by molar-refractivity contribution is -0.261. The summed E-state index contributed by atoms with van der Waals surface area (Å²) in [6.07, 6.45) is -1.58. The van der Waals surface area contributed by atoms with Gasteiger partial charge in [-0.2, -0.15) is 13.2 Å². The number of methoxy groups -OCH3 is 1. The molecule has 12 heteroatoms. The zero-order valence-corrected chi connectivity index (χ0v) is 24.4. The van der Waals surface area contributed by atoms with Crippen molar-refractivity contribution < 1.29 is 32.6 Å². The Morgan fingerprint density at radius 1 is 1.12 bits per heavy atom. The number of aliphatic hydroxyl groups is 1. The van der Waals surface area contributed by atoms with Crippen LogP contribution in [0.2, 0.25) is 5.15 Å². The van der Waals surface area contributed by atoms with Crippen LogP contribution in [0.15, 0.2) is 36.4 Å². The second kappa shape index (κ2) is 12.1. The number of ether oxygens (including phenoxy) is 1. The van der Waals surface area contributed by atoms with Gasteiger partial charge in [0.15, 0.2) is 0 Å². The van der Waals surface area contributed by atoms with E-state index in [0.29, 0.717) is 17.4 Å². The van der Waals surface area contributed by atoms with Crippen LogP contribution in [-0.4, -0.2) is 85.8 Å². The van der Waals surface area contributed by atoms with Crippen molar-refractivity contribution in [3.63, 3.8) is 0 Å². The Morgan fingerprint density at radius 2 is 1.80 bits per heavy atom. The summed E-state index contributed by atoms with van der Waals surface area (Å²) in [4.78, 5) is 34.3. The molecule has 1 N–H and O–H groups in total. The van der Waals surface area contributed by atoms with Crippen LogP contribution in [0.25, 0.3) is 0 Å². The van der Waals surface area contributed by atoms with Crippen LogP contribution in [0.1, 0.15) is 41.6 Å². The molecular weight excluding hydrogens is 561 g/mol. The average Bonchev–Trinajstić information content (AvgIpc) is 3.67. The lowest BCUT2D eigenvalue weighted by atomic mass is 9.90. The van der Waals surface area contributed by atoms with Gasteiger partial charge in [-0.25, -0.2) is 4.98 Å². The van der Waals surface area contributed by atoms with Gasteiger partial charge in [-0.1, -0.05) is 23.7 Å². The predicted octanol–water partition coefficient (Wildman–Crippen LogP) is 4.60. The maximum absolute atomic E-state index is 14.1. The smallest absolute Gasteiger partial charge is 0.430 e. The third-order valence-corrected chi connectivity index (χ3v) is 8.46.